The molecule has 0 bridgehead atoms. The Labute approximate surface area is 150 Å². The van der Waals surface area contributed by atoms with Crippen LogP contribution >= 0.6 is 11.3 Å². The highest BCUT2D eigenvalue weighted by atomic mass is 32.1. The maximum Gasteiger partial charge on any atom is 0.183 e. The van der Waals surface area contributed by atoms with Crippen LogP contribution in [0.5, 0.6) is 5.75 Å². The molecule has 4 nitrogen and oxygen atoms in total. The zero-order valence-electron chi connectivity index (χ0n) is 14.2. The summed E-state index contributed by atoms with van der Waals surface area (Å²) in [7, 11) is 3.75. The van der Waals surface area contributed by atoms with Crippen molar-refractivity contribution in [3.63, 3.8) is 0 Å². The lowest BCUT2D eigenvalue weighted by atomic mass is 10.1. The zero-order valence-corrected chi connectivity index (χ0v) is 15.0. The van der Waals surface area contributed by atoms with E-state index >= 15 is 0 Å². The molecule has 4 aromatic rings. The predicted molar refractivity (Wildman–Crippen MR) is 104 cm³/mol. The molecule has 25 heavy (non-hydrogen) atoms. The van der Waals surface area contributed by atoms with Crippen LogP contribution in [0.15, 0.2) is 60.1 Å². The van der Waals surface area contributed by atoms with Crippen molar-refractivity contribution in [2.24, 2.45) is 7.05 Å². The van der Waals surface area contributed by atoms with Gasteiger partial charge in [0.2, 0.25) is 0 Å². The van der Waals surface area contributed by atoms with Gasteiger partial charge < -0.3 is 14.6 Å². The molecule has 1 N–H and O–H groups in total. The molecular weight excluding hydrogens is 330 g/mol. The summed E-state index contributed by atoms with van der Waals surface area (Å²) in [6, 6.07) is 16.5. The molecule has 0 saturated carbocycles. The van der Waals surface area contributed by atoms with E-state index in [1.807, 2.05) is 24.3 Å². The van der Waals surface area contributed by atoms with Gasteiger partial charge in [0.1, 0.15) is 5.75 Å². The van der Waals surface area contributed by atoms with Crippen LogP contribution in [0.4, 0.5) is 5.13 Å². The fourth-order valence-corrected chi connectivity index (χ4v) is 3.66. The fraction of sp³-hybridized carbons (Fsp3) is 0.150. The quantitative estimate of drug-likeness (QED) is 0.556. The lowest BCUT2D eigenvalue weighted by Crippen LogP contribution is -1.98. The van der Waals surface area contributed by atoms with Gasteiger partial charge in [0.15, 0.2) is 5.13 Å². The summed E-state index contributed by atoms with van der Waals surface area (Å²) in [5, 5.41) is 7.59. The van der Waals surface area contributed by atoms with Crippen molar-refractivity contribution in [3.8, 4) is 17.0 Å². The average Bonchev–Trinajstić information content (AvgIpc) is 3.25. The van der Waals surface area contributed by atoms with Crippen molar-refractivity contribution in [1.82, 2.24) is 9.55 Å². The van der Waals surface area contributed by atoms with E-state index in [1.54, 1.807) is 18.4 Å². The highest BCUT2D eigenvalue weighted by Gasteiger charge is 2.13. The van der Waals surface area contributed by atoms with Crippen molar-refractivity contribution in [1.29, 1.82) is 0 Å². The Balaban J connectivity index is 1.62. The monoisotopic (exact) mass is 349 g/mol. The van der Waals surface area contributed by atoms with Gasteiger partial charge in [-0.3, -0.25) is 0 Å². The van der Waals surface area contributed by atoms with Crippen molar-refractivity contribution >= 4 is 27.4 Å². The first kappa shape index (κ1) is 15.7. The molecule has 2 heterocycles. The van der Waals surface area contributed by atoms with Gasteiger partial charge in [0.05, 0.1) is 12.8 Å². The van der Waals surface area contributed by atoms with E-state index in [4.69, 9.17) is 9.72 Å². The largest absolute Gasteiger partial charge is 0.497 e. The molecule has 126 valence electrons. The topological polar surface area (TPSA) is 39.1 Å². The number of hydrogen-bond donors (Lipinski definition) is 1. The van der Waals surface area contributed by atoms with Crippen LogP contribution < -0.4 is 10.1 Å². The number of nitrogens with zero attached hydrogens (tertiary/aromatic N) is 2. The lowest BCUT2D eigenvalue weighted by Gasteiger charge is -2.02. The Morgan fingerprint density at radius 3 is 2.80 bits per heavy atom. The molecule has 0 atom stereocenters. The minimum Gasteiger partial charge on any atom is -0.497 e. The van der Waals surface area contributed by atoms with Crippen LogP contribution in [-0.4, -0.2) is 16.7 Å². The summed E-state index contributed by atoms with van der Waals surface area (Å²) in [6.45, 7) is 0.775. The maximum atomic E-state index is 5.38. The standard InChI is InChI=1S/C20H19N3OS/c1-23-12-17(16-10-15(24-2)8-9-19(16)23)18-13-25-20(22-18)21-11-14-6-4-3-5-7-14/h3-10,12-13H,11H2,1-2H3,(H,21,22). The maximum absolute atomic E-state index is 5.38. The Bertz CT molecular complexity index is 1000. The van der Waals surface area contributed by atoms with Crippen LogP contribution in [0, 0.1) is 0 Å². The van der Waals surface area contributed by atoms with Gasteiger partial charge in [-0.15, -0.1) is 11.3 Å². The normalized spacial score (nSPS) is 11.0. The number of benzene rings is 2. The third-order valence-electron chi connectivity index (χ3n) is 4.26. The number of fused-ring (bicyclic) bond motifs is 1. The van der Waals surface area contributed by atoms with Crippen LogP contribution in [0.25, 0.3) is 22.2 Å². The van der Waals surface area contributed by atoms with Gasteiger partial charge >= 0.3 is 0 Å². The molecule has 0 unspecified atom stereocenters. The first-order valence-electron chi connectivity index (χ1n) is 8.11. The van der Waals surface area contributed by atoms with Crippen molar-refractivity contribution in [2.75, 3.05) is 12.4 Å². The number of aromatic nitrogens is 2. The number of nitrogens with one attached hydrogen (secondary N) is 1. The summed E-state index contributed by atoms with van der Waals surface area (Å²) in [6.07, 6.45) is 2.13. The highest BCUT2D eigenvalue weighted by molar-refractivity contribution is 7.14. The Hall–Kier alpha value is -2.79. The van der Waals surface area contributed by atoms with Crippen LogP contribution in [0.1, 0.15) is 5.56 Å². The first-order chi connectivity index (χ1) is 12.2. The van der Waals surface area contributed by atoms with Crippen LogP contribution in [-0.2, 0) is 13.6 Å². The van der Waals surface area contributed by atoms with Crippen molar-refractivity contribution in [2.45, 2.75) is 6.54 Å². The predicted octanol–water partition coefficient (Wildman–Crippen LogP) is 4.92. The van der Waals surface area contributed by atoms with Gasteiger partial charge in [-0.1, -0.05) is 30.3 Å². The molecule has 0 radical (unpaired) electrons. The molecule has 0 aliphatic rings. The summed E-state index contributed by atoms with van der Waals surface area (Å²) in [4.78, 5) is 4.77. The SMILES string of the molecule is COc1ccc2c(c1)c(-c1csc(NCc3ccccc3)n1)cn2C. The number of ether oxygens (including phenoxy) is 1. The van der Waals surface area contributed by atoms with E-state index in [0.717, 1.165) is 34.1 Å². The van der Waals surface area contributed by atoms with Crippen LogP contribution in [0.3, 0.4) is 0 Å². The minimum atomic E-state index is 0.775. The van der Waals surface area contributed by atoms with Gasteiger partial charge in [-0.05, 0) is 23.8 Å². The van der Waals surface area contributed by atoms with Crippen molar-refractivity contribution in [3.05, 3.63) is 65.7 Å². The molecular formula is C20H19N3OS. The minimum absolute atomic E-state index is 0.775. The summed E-state index contributed by atoms with van der Waals surface area (Å²) >= 11 is 1.63. The van der Waals surface area contributed by atoms with Gasteiger partial charge in [-0.2, -0.15) is 0 Å². The van der Waals surface area contributed by atoms with Crippen molar-refractivity contribution < 1.29 is 4.74 Å². The van der Waals surface area contributed by atoms with Gasteiger partial charge in [0.25, 0.3) is 0 Å². The second-order valence-corrected chi connectivity index (χ2v) is 6.77. The molecule has 0 aliphatic heterocycles. The Kier molecular flexibility index (Phi) is 4.15. The lowest BCUT2D eigenvalue weighted by molar-refractivity contribution is 0.415. The summed E-state index contributed by atoms with van der Waals surface area (Å²) < 4.78 is 7.50. The van der Waals surface area contributed by atoms with E-state index in [-0.39, 0.29) is 0 Å². The molecule has 0 fully saturated rings. The molecule has 5 heteroatoms. The van der Waals surface area contributed by atoms with E-state index in [1.165, 1.54) is 11.1 Å². The van der Waals surface area contributed by atoms with Gasteiger partial charge in [-0.25, -0.2) is 4.98 Å². The third kappa shape index (κ3) is 3.10. The first-order valence-corrected chi connectivity index (χ1v) is 8.99. The highest BCUT2D eigenvalue weighted by Crippen LogP contribution is 2.34. The number of aryl methyl sites for hydroxylation is 1. The van der Waals surface area contributed by atoms with E-state index in [0.29, 0.717) is 0 Å². The second kappa shape index (κ2) is 6.61. The Morgan fingerprint density at radius 1 is 1.16 bits per heavy atom. The smallest absolute Gasteiger partial charge is 0.183 e. The van der Waals surface area contributed by atoms with E-state index < -0.39 is 0 Å². The van der Waals surface area contributed by atoms with Crippen LogP contribution in [0.2, 0.25) is 0 Å². The number of rotatable bonds is 5. The molecule has 4 rings (SSSR count). The molecule has 2 aromatic heterocycles. The number of thiazole rings is 1. The molecule has 0 spiro atoms. The third-order valence-corrected chi connectivity index (χ3v) is 5.06. The number of hydrogen-bond acceptors (Lipinski definition) is 4. The molecule has 2 aromatic carbocycles. The fourth-order valence-electron chi connectivity index (χ4n) is 2.95. The molecule has 0 amide bonds. The zero-order chi connectivity index (χ0) is 17.2. The second-order valence-electron chi connectivity index (χ2n) is 5.91. The summed E-state index contributed by atoms with van der Waals surface area (Å²) in [5.41, 5.74) is 4.52. The van der Waals surface area contributed by atoms with E-state index in [9.17, 15) is 0 Å². The summed E-state index contributed by atoms with van der Waals surface area (Å²) in [5.74, 6) is 0.859. The number of methoxy groups -OCH3 is 1. The van der Waals surface area contributed by atoms with Gasteiger partial charge in [0, 0.05) is 41.6 Å². The average molecular weight is 349 g/mol. The number of anilines is 1. The Morgan fingerprint density at radius 2 is 2.00 bits per heavy atom. The van der Waals surface area contributed by atoms with E-state index in [2.05, 4.69) is 52.8 Å². The molecule has 0 aliphatic carbocycles. The molecule has 0 saturated heterocycles.